The van der Waals surface area contributed by atoms with Gasteiger partial charge in [0.25, 0.3) is 0 Å². The molecule has 1 aliphatic rings. The smallest absolute Gasteiger partial charge is 0.146 e. The molecule has 3 rings (SSSR count). The van der Waals surface area contributed by atoms with Crippen LogP contribution in [-0.2, 0) is 16.6 Å². The van der Waals surface area contributed by atoms with Crippen LogP contribution in [0, 0.1) is 0 Å². The minimum Gasteiger partial charge on any atom is -0.378 e. The summed E-state index contributed by atoms with van der Waals surface area (Å²) in [4.78, 5) is 17.8. The lowest BCUT2D eigenvalue weighted by atomic mass is 10.2. The van der Waals surface area contributed by atoms with Crippen molar-refractivity contribution in [2.75, 3.05) is 26.3 Å². The highest BCUT2D eigenvalue weighted by Gasteiger charge is 2.13. The second kappa shape index (κ2) is 6.58. The number of aromatic nitrogens is 1. The second-order valence-electron chi connectivity index (χ2n) is 5.21. The van der Waals surface area contributed by atoms with Crippen molar-refractivity contribution < 1.29 is 9.53 Å². The van der Waals surface area contributed by atoms with E-state index in [9.17, 15) is 4.79 Å². The minimum atomic E-state index is 0.660. The largest absolute Gasteiger partial charge is 0.378 e. The van der Waals surface area contributed by atoms with Crippen molar-refractivity contribution in [2.24, 2.45) is 12.0 Å². The summed E-state index contributed by atoms with van der Waals surface area (Å²) in [7, 11) is 1.96. The number of carbonyl (C=O) groups is 1. The zero-order valence-electron chi connectivity index (χ0n) is 12.6. The molecule has 2 heterocycles. The van der Waals surface area contributed by atoms with Crippen molar-refractivity contribution in [3.63, 3.8) is 0 Å². The van der Waals surface area contributed by atoms with Gasteiger partial charge in [-0.05, 0) is 11.5 Å². The van der Waals surface area contributed by atoms with E-state index in [1.807, 2.05) is 36.0 Å². The molecule has 0 aliphatic carbocycles. The lowest BCUT2D eigenvalue weighted by molar-refractivity contribution is -0.104. The minimum absolute atomic E-state index is 0.660. The Labute approximate surface area is 129 Å². The first-order valence-electron chi connectivity index (χ1n) is 7.37. The highest BCUT2D eigenvalue weighted by atomic mass is 16.5. The Hall–Kier alpha value is -2.40. The molecule has 22 heavy (non-hydrogen) atoms. The predicted octanol–water partition coefficient (Wildman–Crippen LogP) is 1.45. The van der Waals surface area contributed by atoms with Crippen LogP contribution in [0.15, 0.2) is 53.4 Å². The maximum absolute atomic E-state index is 11.0. The van der Waals surface area contributed by atoms with Crippen LogP contribution in [0.25, 0.3) is 10.8 Å². The van der Waals surface area contributed by atoms with Gasteiger partial charge in [-0.25, -0.2) is 4.99 Å². The van der Waals surface area contributed by atoms with E-state index in [2.05, 4.69) is 17.0 Å². The maximum Gasteiger partial charge on any atom is 0.146 e. The molecule has 0 radical (unpaired) electrons. The summed E-state index contributed by atoms with van der Waals surface area (Å²) in [5, 5.41) is 2.20. The summed E-state index contributed by atoms with van der Waals surface area (Å²) in [5.74, 6) is 0.685. The van der Waals surface area contributed by atoms with Crippen molar-refractivity contribution >= 4 is 17.1 Å². The van der Waals surface area contributed by atoms with Gasteiger partial charge in [-0.3, -0.25) is 4.79 Å². The Kier molecular flexibility index (Phi) is 4.34. The van der Waals surface area contributed by atoms with Crippen molar-refractivity contribution in [3.05, 3.63) is 53.9 Å². The van der Waals surface area contributed by atoms with Gasteiger partial charge in [-0.15, -0.1) is 0 Å². The SMILES string of the molecule is Cn1ccc2ccccc2/c1=N/C(=C\C=O)N1CCOCC1. The lowest BCUT2D eigenvalue weighted by Gasteiger charge is -2.28. The number of hydrogen-bond acceptors (Lipinski definition) is 4. The topological polar surface area (TPSA) is 46.8 Å². The highest BCUT2D eigenvalue weighted by molar-refractivity contribution is 5.81. The fourth-order valence-electron chi connectivity index (χ4n) is 2.61. The van der Waals surface area contributed by atoms with Crippen molar-refractivity contribution in [1.29, 1.82) is 0 Å². The van der Waals surface area contributed by atoms with E-state index >= 15 is 0 Å². The molecule has 0 spiro atoms. The van der Waals surface area contributed by atoms with Gasteiger partial charge < -0.3 is 14.2 Å². The third kappa shape index (κ3) is 2.94. The number of hydrogen-bond donors (Lipinski definition) is 0. The molecule has 0 bridgehead atoms. The number of aldehydes is 1. The number of fused-ring (bicyclic) bond motifs is 1. The van der Waals surface area contributed by atoms with Gasteiger partial charge in [0.1, 0.15) is 17.6 Å². The predicted molar refractivity (Wildman–Crippen MR) is 85.0 cm³/mol. The van der Waals surface area contributed by atoms with E-state index in [-0.39, 0.29) is 0 Å². The molecule has 2 aromatic rings. The normalized spacial score (nSPS) is 17.0. The van der Waals surface area contributed by atoms with Crippen molar-refractivity contribution in [2.45, 2.75) is 0 Å². The number of nitrogens with zero attached hydrogens (tertiary/aromatic N) is 3. The Morgan fingerprint density at radius 1 is 1.23 bits per heavy atom. The van der Waals surface area contributed by atoms with Crippen LogP contribution in [0.2, 0.25) is 0 Å². The van der Waals surface area contributed by atoms with Crippen LogP contribution >= 0.6 is 0 Å². The molecule has 1 fully saturated rings. The molecule has 1 aromatic carbocycles. The maximum atomic E-state index is 11.0. The summed E-state index contributed by atoms with van der Waals surface area (Å²) >= 11 is 0. The van der Waals surface area contributed by atoms with Gasteiger partial charge >= 0.3 is 0 Å². The van der Waals surface area contributed by atoms with E-state index in [4.69, 9.17) is 9.73 Å². The Morgan fingerprint density at radius 2 is 2.00 bits per heavy atom. The lowest BCUT2D eigenvalue weighted by Crippen LogP contribution is -2.36. The van der Waals surface area contributed by atoms with Crippen molar-refractivity contribution in [3.8, 4) is 0 Å². The summed E-state index contributed by atoms with van der Waals surface area (Å²) in [6.45, 7) is 2.82. The second-order valence-corrected chi connectivity index (χ2v) is 5.21. The molecule has 5 heteroatoms. The zero-order chi connectivity index (χ0) is 15.4. The summed E-state index contributed by atoms with van der Waals surface area (Å²) in [6, 6.07) is 10.2. The van der Waals surface area contributed by atoms with Crippen LogP contribution in [0.1, 0.15) is 0 Å². The third-order valence-electron chi connectivity index (χ3n) is 3.79. The summed E-state index contributed by atoms with van der Waals surface area (Å²) < 4.78 is 7.34. The molecule has 1 saturated heterocycles. The van der Waals surface area contributed by atoms with Gasteiger partial charge in [-0.1, -0.05) is 24.3 Å². The Balaban J connectivity index is 2.14. The molecule has 1 aromatic heterocycles. The van der Waals surface area contributed by atoms with Crippen LogP contribution in [0.3, 0.4) is 0 Å². The average Bonchev–Trinajstić information content (AvgIpc) is 2.57. The molecule has 1 aliphatic heterocycles. The zero-order valence-corrected chi connectivity index (χ0v) is 12.6. The molecule has 114 valence electrons. The number of allylic oxidation sites excluding steroid dienone is 1. The quantitative estimate of drug-likeness (QED) is 0.636. The summed E-state index contributed by atoms with van der Waals surface area (Å²) in [5.41, 5.74) is 0.845. The molecule has 0 unspecified atom stereocenters. The molecule has 5 nitrogen and oxygen atoms in total. The van der Waals surface area contributed by atoms with Crippen LogP contribution in [0.4, 0.5) is 0 Å². The van der Waals surface area contributed by atoms with Gasteiger partial charge in [0, 0.05) is 37.8 Å². The number of carbonyl (C=O) groups excluding carboxylic acids is 1. The van der Waals surface area contributed by atoms with E-state index < -0.39 is 0 Å². The number of pyridine rings is 1. The first-order valence-corrected chi connectivity index (χ1v) is 7.37. The fourth-order valence-corrected chi connectivity index (χ4v) is 2.61. The van der Waals surface area contributed by atoms with Gasteiger partial charge in [0.05, 0.1) is 13.2 Å². The summed E-state index contributed by atoms with van der Waals surface area (Å²) in [6.07, 6.45) is 4.30. The van der Waals surface area contributed by atoms with Crippen LogP contribution in [-0.4, -0.2) is 42.1 Å². The molecule has 0 saturated carbocycles. The monoisotopic (exact) mass is 297 g/mol. The highest BCUT2D eigenvalue weighted by Crippen LogP contribution is 2.11. The van der Waals surface area contributed by atoms with E-state index in [1.165, 1.54) is 6.08 Å². The number of rotatable bonds is 3. The third-order valence-corrected chi connectivity index (χ3v) is 3.79. The van der Waals surface area contributed by atoms with E-state index in [0.29, 0.717) is 19.0 Å². The van der Waals surface area contributed by atoms with E-state index in [0.717, 1.165) is 35.6 Å². The average molecular weight is 297 g/mol. The van der Waals surface area contributed by atoms with Crippen LogP contribution in [0.5, 0.6) is 0 Å². The standard InChI is InChI=1S/C17H19N3O2/c1-19-8-6-14-4-2-3-5-15(14)17(19)18-16(7-11-21)20-9-12-22-13-10-20/h2-8,11H,9-10,12-13H2,1H3/b16-7+,18-17-. The molecule has 0 N–H and O–H groups in total. The van der Waals surface area contributed by atoms with Gasteiger partial charge in [0.15, 0.2) is 0 Å². The Morgan fingerprint density at radius 3 is 2.77 bits per heavy atom. The first kappa shape index (κ1) is 14.5. The van der Waals surface area contributed by atoms with Gasteiger partial charge in [-0.2, -0.15) is 0 Å². The van der Waals surface area contributed by atoms with E-state index in [1.54, 1.807) is 0 Å². The molecule has 0 amide bonds. The number of morpholine rings is 1. The first-order chi connectivity index (χ1) is 10.8. The fraction of sp³-hybridized carbons (Fsp3) is 0.294. The molecular formula is C17H19N3O2. The van der Waals surface area contributed by atoms with Crippen molar-refractivity contribution in [1.82, 2.24) is 9.47 Å². The molecule has 0 atom stereocenters. The number of benzene rings is 1. The Bertz CT molecular complexity index is 771. The number of ether oxygens (including phenoxy) is 1. The number of aryl methyl sites for hydroxylation is 1. The van der Waals surface area contributed by atoms with Gasteiger partial charge in [0.2, 0.25) is 0 Å². The van der Waals surface area contributed by atoms with Crippen LogP contribution < -0.4 is 5.49 Å². The molecular weight excluding hydrogens is 278 g/mol.